The van der Waals surface area contributed by atoms with Gasteiger partial charge in [-0.05, 0) is 55.8 Å². The molecule has 1 unspecified atom stereocenters. The van der Waals surface area contributed by atoms with Crippen LogP contribution in [0.3, 0.4) is 0 Å². The molecule has 1 aromatic heterocycles. The van der Waals surface area contributed by atoms with Crippen LogP contribution in [0.2, 0.25) is 0 Å². The van der Waals surface area contributed by atoms with Gasteiger partial charge in [0.15, 0.2) is 0 Å². The van der Waals surface area contributed by atoms with Crippen LogP contribution in [0.4, 0.5) is 23.2 Å². The summed E-state index contributed by atoms with van der Waals surface area (Å²) in [5.74, 6) is -0.392. The lowest BCUT2D eigenvalue weighted by Gasteiger charge is -2.20. The zero-order chi connectivity index (χ0) is 21.5. The van der Waals surface area contributed by atoms with Crippen LogP contribution in [0.1, 0.15) is 30.7 Å². The monoisotopic (exact) mass is 420 g/mol. The molecule has 1 N–H and O–H groups in total. The summed E-state index contributed by atoms with van der Waals surface area (Å²) in [7, 11) is 0. The number of alkyl halides is 3. The van der Waals surface area contributed by atoms with Gasteiger partial charge in [0.2, 0.25) is 5.91 Å². The SMILES string of the molecule is CC(NC(=O)[C@@H]1CCN(c2cccc(C(F)(F)F)c2)C1)c1cc2cc(F)ccc2o1. The number of nitrogens with one attached hydrogen (secondary N) is 1. The predicted molar refractivity (Wildman–Crippen MR) is 104 cm³/mol. The standard InChI is InChI=1S/C22H20F4N2O2/c1-13(20-10-15-9-17(23)5-6-19(15)30-20)27-21(29)14-7-8-28(12-14)18-4-2-3-16(11-18)22(24,25)26/h2-6,9-11,13-14H,7-8,12H2,1H3,(H,27,29)/t13?,14-/m1/s1. The Kier molecular flexibility index (Phi) is 5.17. The fraction of sp³-hybridized carbons (Fsp3) is 0.318. The molecule has 158 valence electrons. The number of halogens is 4. The zero-order valence-corrected chi connectivity index (χ0v) is 16.2. The predicted octanol–water partition coefficient (Wildman–Crippen LogP) is 5.29. The van der Waals surface area contributed by atoms with Gasteiger partial charge in [-0.2, -0.15) is 13.2 Å². The minimum Gasteiger partial charge on any atom is -0.459 e. The molecule has 2 aromatic carbocycles. The number of fused-ring (bicyclic) bond motifs is 1. The van der Waals surface area contributed by atoms with Gasteiger partial charge in [0.1, 0.15) is 17.2 Å². The van der Waals surface area contributed by atoms with Gasteiger partial charge in [-0.25, -0.2) is 4.39 Å². The second kappa shape index (κ2) is 7.66. The third-order valence-corrected chi connectivity index (χ3v) is 5.38. The first kappa shape index (κ1) is 20.3. The molecule has 1 amide bonds. The largest absolute Gasteiger partial charge is 0.459 e. The third-order valence-electron chi connectivity index (χ3n) is 5.38. The van der Waals surface area contributed by atoms with E-state index in [1.54, 1.807) is 24.0 Å². The van der Waals surface area contributed by atoms with Gasteiger partial charge >= 0.3 is 6.18 Å². The number of nitrogens with zero attached hydrogens (tertiary/aromatic N) is 1. The van der Waals surface area contributed by atoms with Gasteiger partial charge in [0.05, 0.1) is 17.5 Å². The van der Waals surface area contributed by atoms with E-state index in [9.17, 15) is 22.4 Å². The molecular formula is C22H20F4N2O2. The number of hydrogen-bond acceptors (Lipinski definition) is 3. The summed E-state index contributed by atoms with van der Waals surface area (Å²) in [6, 6.07) is 10.6. The van der Waals surface area contributed by atoms with E-state index in [4.69, 9.17) is 4.42 Å². The van der Waals surface area contributed by atoms with E-state index in [1.807, 2.05) is 0 Å². The van der Waals surface area contributed by atoms with Gasteiger partial charge in [-0.15, -0.1) is 0 Å². The molecule has 4 rings (SSSR count). The topological polar surface area (TPSA) is 45.5 Å². The fourth-order valence-electron chi connectivity index (χ4n) is 3.74. The smallest absolute Gasteiger partial charge is 0.416 e. The van der Waals surface area contributed by atoms with Crippen LogP contribution < -0.4 is 10.2 Å². The number of benzene rings is 2. The summed E-state index contributed by atoms with van der Waals surface area (Å²) in [6.07, 6.45) is -3.86. The Labute approximate surface area is 170 Å². The lowest BCUT2D eigenvalue weighted by atomic mass is 10.1. The highest BCUT2D eigenvalue weighted by Crippen LogP contribution is 2.33. The van der Waals surface area contributed by atoms with Gasteiger partial charge in [0, 0.05) is 24.2 Å². The molecule has 0 aliphatic carbocycles. The number of hydrogen-bond donors (Lipinski definition) is 1. The molecular weight excluding hydrogens is 400 g/mol. The number of anilines is 1. The number of furan rings is 1. The maximum absolute atomic E-state index is 13.3. The van der Waals surface area contributed by atoms with Crippen molar-refractivity contribution in [3.05, 3.63) is 65.7 Å². The minimum atomic E-state index is -4.41. The van der Waals surface area contributed by atoms with E-state index in [0.717, 1.165) is 12.1 Å². The molecule has 3 aromatic rings. The van der Waals surface area contributed by atoms with Gasteiger partial charge in [0.25, 0.3) is 0 Å². The van der Waals surface area contributed by atoms with E-state index < -0.39 is 17.8 Å². The van der Waals surface area contributed by atoms with E-state index in [-0.39, 0.29) is 17.6 Å². The Morgan fingerprint density at radius 3 is 2.77 bits per heavy atom. The first-order chi connectivity index (χ1) is 14.2. The fourth-order valence-corrected chi connectivity index (χ4v) is 3.74. The number of amides is 1. The van der Waals surface area contributed by atoms with Crippen molar-refractivity contribution in [2.24, 2.45) is 5.92 Å². The first-order valence-electron chi connectivity index (χ1n) is 9.62. The molecule has 1 aliphatic rings. The van der Waals surface area contributed by atoms with E-state index in [1.165, 1.54) is 24.3 Å². The van der Waals surface area contributed by atoms with Crippen molar-refractivity contribution < 1.29 is 26.8 Å². The first-order valence-corrected chi connectivity index (χ1v) is 9.62. The van der Waals surface area contributed by atoms with Crippen LogP contribution in [0.15, 0.2) is 52.9 Å². The Hall–Kier alpha value is -3.03. The second-order valence-electron chi connectivity index (χ2n) is 7.54. The molecule has 1 saturated heterocycles. The normalized spacial score (nSPS) is 18.0. The van der Waals surface area contributed by atoms with E-state index in [2.05, 4.69) is 5.32 Å². The van der Waals surface area contributed by atoms with Crippen molar-refractivity contribution in [1.29, 1.82) is 0 Å². The number of carbonyl (C=O) groups is 1. The minimum absolute atomic E-state index is 0.191. The molecule has 0 radical (unpaired) electrons. The van der Waals surface area contributed by atoms with Crippen LogP contribution in [0.5, 0.6) is 0 Å². The second-order valence-corrected chi connectivity index (χ2v) is 7.54. The lowest BCUT2D eigenvalue weighted by molar-refractivity contribution is -0.137. The average molecular weight is 420 g/mol. The van der Waals surface area contributed by atoms with Gasteiger partial charge in [-0.3, -0.25) is 4.79 Å². The summed E-state index contributed by atoms with van der Waals surface area (Å²) in [5, 5.41) is 3.50. The third kappa shape index (κ3) is 4.13. The summed E-state index contributed by atoms with van der Waals surface area (Å²) in [5.41, 5.74) is 0.277. The average Bonchev–Trinajstić information content (AvgIpc) is 3.34. The number of carbonyl (C=O) groups excluding carboxylic acids is 1. The van der Waals surface area contributed by atoms with Gasteiger partial charge in [-0.1, -0.05) is 6.07 Å². The molecule has 0 spiro atoms. The van der Waals surface area contributed by atoms with Crippen molar-refractivity contribution in [2.45, 2.75) is 25.6 Å². The summed E-state index contributed by atoms with van der Waals surface area (Å²) >= 11 is 0. The molecule has 2 atom stereocenters. The van der Waals surface area contributed by atoms with Crippen molar-refractivity contribution in [1.82, 2.24) is 5.32 Å². The summed E-state index contributed by atoms with van der Waals surface area (Å²) in [6.45, 7) is 2.61. The molecule has 0 saturated carbocycles. The maximum atomic E-state index is 13.3. The number of rotatable bonds is 4. The van der Waals surface area contributed by atoms with Crippen molar-refractivity contribution in [3.8, 4) is 0 Å². The molecule has 1 fully saturated rings. The van der Waals surface area contributed by atoms with Crippen molar-refractivity contribution >= 4 is 22.6 Å². The summed E-state index contributed by atoms with van der Waals surface area (Å²) in [4.78, 5) is 14.5. The molecule has 4 nitrogen and oxygen atoms in total. The Bertz CT molecular complexity index is 1080. The van der Waals surface area contributed by atoms with Crippen LogP contribution >= 0.6 is 0 Å². The highest BCUT2D eigenvalue weighted by atomic mass is 19.4. The summed E-state index contributed by atoms with van der Waals surface area (Å²) < 4.78 is 57.9. The Morgan fingerprint density at radius 1 is 1.20 bits per heavy atom. The van der Waals surface area contributed by atoms with E-state index >= 15 is 0 Å². The molecule has 30 heavy (non-hydrogen) atoms. The zero-order valence-electron chi connectivity index (χ0n) is 16.2. The Balaban J connectivity index is 1.41. The quantitative estimate of drug-likeness (QED) is 0.583. The molecule has 1 aliphatic heterocycles. The van der Waals surface area contributed by atoms with Crippen LogP contribution in [0.25, 0.3) is 11.0 Å². The highest BCUT2D eigenvalue weighted by molar-refractivity contribution is 5.81. The van der Waals surface area contributed by atoms with Crippen LogP contribution in [0, 0.1) is 11.7 Å². The highest BCUT2D eigenvalue weighted by Gasteiger charge is 2.33. The van der Waals surface area contributed by atoms with Crippen LogP contribution in [-0.2, 0) is 11.0 Å². The van der Waals surface area contributed by atoms with Crippen molar-refractivity contribution in [2.75, 3.05) is 18.0 Å². The molecule has 0 bridgehead atoms. The van der Waals surface area contributed by atoms with E-state index in [0.29, 0.717) is 41.9 Å². The maximum Gasteiger partial charge on any atom is 0.416 e. The molecule has 8 heteroatoms. The van der Waals surface area contributed by atoms with Crippen LogP contribution in [-0.4, -0.2) is 19.0 Å². The van der Waals surface area contributed by atoms with Gasteiger partial charge < -0.3 is 14.6 Å². The molecule has 2 heterocycles. The lowest BCUT2D eigenvalue weighted by Crippen LogP contribution is -2.34. The van der Waals surface area contributed by atoms with Crippen molar-refractivity contribution in [3.63, 3.8) is 0 Å². The Morgan fingerprint density at radius 2 is 2.00 bits per heavy atom.